The van der Waals surface area contributed by atoms with Gasteiger partial charge in [-0.05, 0) is 36.6 Å². The van der Waals surface area contributed by atoms with E-state index in [-0.39, 0.29) is 31.3 Å². The average Bonchev–Trinajstić information content (AvgIpc) is 3.13. The summed E-state index contributed by atoms with van der Waals surface area (Å²) < 4.78 is 10.6. The number of nitrogens with zero attached hydrogens (tertiary/aromatic N) is 1. The number of ether oxygens (including phenoxy) is 2. The van der Waals surface area contributed by atoms with Crippen molar-refractivity contribution in [2.24, 2.45) is 5.92 Å². The van der Waals surface area contributed by atoms with Crippen LogP contribution in [0.3, 0.4) is 0 Å². The van der Waals surface area contributed by atoms with E-state index in [1.165, 1.54) is 0 Å². The van der Waals surface area contributed by atoms with Crippen molar-refractivity contribution in [1.29, 1.82) is 0 Å². The molecule has 0 aliphatic carbocycles. The third-order valence-corrected chi connectivity index (χ3v) is 5.11. The van der Waals surface area contributed by atoms with Gasteiger partial charge in [-0.1, -0.05) is 37.3 Å². The van der Waals surface area contributed by atoms with Gasteiger partial charge in [0.05, 0.1) is 18.7 Å². The molecular formula is C23H25NO5. The number of aryl methyl sites for hydroxylation is 2. The molecule has 1 heterocycles. The number of rotatable bonds is 7. The molecule has 6 heteroatoms. The van der Waals surface area contributed by atoms with Crippen LogP contribution in [0, 0.1) is 12.8 Å². The van der Waals surface area contributed by atoms with Crippen LogP contribution in [-0.2, 0) is 20.7 Å². The lowest BCUT2D eigenvalue weighted by atomic mass is 10.1. The number of amides is 1. The van der Waals surface area contributed by atoms with Crippen molar-refractivity contribution < 1.29 is 23.9 Å². The van der Waals surface area contributed by atoms with Crippen molar-refractivity contribution in [2.75, 3.05) is 25.2 Å². The highest BCUT2D eigenvalue weighted by Gasteiger charge is 2.37. The van der Waals surface area contributed by atoms with Gasteiger partial charge in [0.2, 0.25) is 5.91 Å². The van der Waals surface area contributed by atoms with E-state index in [1.807, 2.05) is 38.1 Å². The average molecular weight is 395 g/mol. The van der Waals surface area contributed by atoms with Crippen molar-refractivity contribution in [1.82, 2.24) is 0 Å². The van der Waals surface area contributed by atoms with E-state index in [2.05, 4.69) is 0 Å². The Morgan fingerprint density at radius 3 is 2.52 bits per heavy atom. The molecule has 6 nitrogen and oxygen atoms in total. The number of carbonyl (C=O) groups excluding carboxylic acids is 3. The maximum atomic E-state index is 12.5. The summed E-state index contributed by atoms with van der Waals surface area (Å²) in [5.41, 5.74) is 3.26. The molecule has 1 saturated heterocycles. The Bertz CT molecular complexity index is 919. The zero-order valence-electron chi connectivity index (χ0n) is 16.9. The quantitative estimate of drug-likeness (QED) is 0.531. The molecule has 1 amide bonds. The second-order valence-electron chi connectivity index (χ2n) is 7.16. The summed E-state index contributed by atoms with van der Waals surface area (Å²) in [6, 6.07) is 12.8. The third kappa shape index (κ3) is 4.65. The number of hydrogen-bond acceptors (Lipinski definition) is 5. The Morgan fingerprint density at radius 2 is 1.86 bits per heavy atom. The summed E-state index contributed by atoms with van der Waals surface area (Å²) in [6.07, 6.45) is 0.941. The lowest BCUT2D eigenvalue weighted by Crippen LogP contribution is -2.27. The second-order valence-corrected chi connectivity index (χ2v) is 7.16. The normalized spacial score (nSPS) is 16.0. The van der Waals surface area contributed by atoms with E-state index in [1.54, 1.807) is 30.2 Å². The molecule has 0 aromatic heterocycles. The molecule has 1 fully saturated rings. The molecule has 0 spiro atoms. The van der Waals surface area contributed by atoms with E-state index in [9.17, 15) is 14.4 Å². The van der Waals surface area contributed by atoms with Gasteiger partial charge in [0.25, 0.3) is 0 Å². The van der Waals surface area contributed by atoms with Gasteiger partial charge in [-0.25, -0.2) is 0 Å². The monoisotopic (exact) mass is 395 g/mol. The fraction of sp³-hybridized carbons (Fsp3) is 0.348. The summed E-state index contributed by atoms with van der Waals surface area (Å²) in [5, 5.41) is 0. The molecule has 1 aliphatic rings. The van der Waals surface area contributed by atoms with Gasteiger partial charge in [0, 0.05) is 18.5 Å². The maximum Gasteiger partial charge on any atom is 0.311 e. The van der Waals surface area contributed by atoms with Gasteiger partial charge in [-0.3, -0.25) is 14.4 Å². The fourth-order valence-electron chi connectivity index (χ4n) is 3.37. The SMILES string of the molecule is CCc1ccc(C(=O)COC(=O)[C@H]2CC(=O)N(c3cc(C)ccc3OC)C2)cc1. The zero-order valence-corrected chi connectivity index (χ0v) is 16.9. The summed E-state index contributed by atoms with van der Waals surface area (Å²) in [4.78, 5) is 38.7. The molecule has 0 saturated carbocycles. The highest BCUT2D eigenvalue weighted by Crippen LogP contribution is 2.34. The molecule has 3 rings (SSSR count). The molecular weight excluding hydrogens is 370 g/mol. The molecule has 0 bridgehead atoms. The first kappa shape index (κ1) is 20.6. The first-order valence-electron chi connectivity index (χ1n) is 9.66. The van der Waals surface area contributed by atoms with E-state index in [0.29, 0.717) is 17.0 Å². The van der Waals surface area contributed by atoms with Crippen LogP contribution in [-0.4, -0.2) is 37.9 Å². The van der Waals surface area contributed by atoms with Gasteiger partial charge >= 0.3 is 5.97 Å². The highest BCUT2D eigenvalue weighted by molar-refractivity contribution is 6.01. The molecule has 0 unspecified atom stereocenters. The number of Topliss-reactive ketones (excluding diaryl/α,β-unsaturated/α-hetero) is 1. The van der Waals surface area contributed by atoms with Crippen LogP contribution in [0.5, 0.6) is 5.75 Å². The minimum absolute atomic E-state index is 0.0509. The minimum Gasteiger partial charge on any atom is -0.495 e. The van der Waals surface area contributed by atoms with Crippen molar-refractivity contribution in [3.8, 4) is 5.75 Å². The van der Waals surface area contributed by atoms with Crippen molar-refractivity contribution in [3.63, 3.8) is 0 Å². The lowest BCUT2D eigenvalue weighted by Gasteiger charge is -2.20. The van der Waals surface area contributed by atoms with Gasteiger partial charge < -0.3 is 14.4 Å². The standard InChI is InChI=1S/C23H25NO5/c1-4-16-6-8-17(9-7-16)20(25)14-29-23(27)18-12-22(26)24(13-18)19-11-15(2)5-10-21(19)28-3/h5-11,18H,4,12-14H2,1-3H3/t18-/m0/s1. The number of anilines is 1. The van der Waals surface area contributed by atoms with Gasteiger partial charge in [-0.2, -0.15) is 0 Å². The molecule has 152 valence electrons. The fourth-order valence-corrected chi connectivity index (χ4v) is 3.37. The van der Waals surface area contributed by atoms with E-state index >= 15 is 0 Å². The van der Waals surface area contributed by atoms with Crippen LogP contribution in [0.15, 0.2) is 42.5 Å². The Balaban J connectivity index is 1.61. The summed E-state index contributed by atoms with van der Waals surface area (Å²) in [7, 11) is 1.54. The molecule has 2 aromatic carbocycles. The van der Waals surface area contributed by atoms with E-state index in [0.717, 1.165) is 17.5 Å². The van der Waals surface area contributed by atoms with Gasteiger partial charge in [0.1, 0.15) is 5.75 Å². The minimum atomic E-state index is -0.608. The van der Waals surface area contributed by atoms with Crippen LogP contribution >= 0.6 is 0 Å². The van der Waals surface area contributed by atoms with E-state index in [4.69, 9.17) is 9.47 Å². The molecule has 2 aromatic rings. The van der Waals surface area contributed by atoms with Crippen LogP contribution < -0.4 is 9.64 Å². The number of benzene rings is 2. The summed E-state index contributed by atoms with van der Waals surface area (Å²) in [6.45, 7) is 3.84. The van der Waals surface area contributed by atoms with Crippen molar-refractivity contribution in [2.45, 2.75) is 26.7 Å². The number of methoxy groups -OCH3 is 1. The molecule has 1 atom stereocenters. The molecule has 0 N–H and O–H groups in total. The lowest BCUT2D eigenvalue weighted by molar-refractivity contribution is -0.147. The first-order chi connectivity index (χ1) is 13.9. The van der Waals surface area contributed by atoms with Gasteiger partial charge in [0.15, 0.2) is 12.4 Å². The Kier molecular flexibility index (Phi) is 6.32. The zero-order chi connectivity index (χ0) is 21.0. The number of hydrogen-bond donors (Lipinski definition) is 0. The van der Waals surface area contributed by atoms with E-state index < -0.39 is 11.9 Å². The third-order valence-electron chi connectivity index (χ3n) is 5.11. The maximum absolute atomic E-state index is 12.5. The number of ketones is 1. The number of esters is 1. The van der Waals surface area contributed by atoms with Crippen molar-refractivity contribution >= 4 is 23.3 Å². The van der Waals surface area contributed by atoms with Crippen molar-refractivity contribution in [3.05, 3.63) is 59.2 Å². The first-order valence-corrected chi connectivity index (χ1v) is 9.66. The van der Waals surface area contributed by atoms with Gasteiger partial charge in [-0.15, -0.1) is 0 Å². The van der Waals surface area contributed by atoms with Crippen LogP contribution in [0.25, 0.3) is 0 Å². The highest BCUT2D eigenvalue weighted by atomic mass is 16.5. The predicted molar refractivity (Wildman–Crippen MR) is 109 cm³/mol. The Labute approximate surface area is 170 Å². The molecule has 0 radical (unpaired) electrons. The Hall–Kier alpha value is -3.15. The summed E-state index contributed by atoms with van der Waals surface area (Å²) >= 11 is 0. The van der Waals surface area contributed by atoms with Crippen LogP contribution in [0.4, 0.5) is 5.69 Å². The Morgan fingerprint density at radius 1 is 1.14 bits per heavy atom. The van der Waals surface area contributed by atoms with Crippen LogP contribution in [0.1, 0.15) is 34.8 Å². The second kappa shape index (κ2) is 8.90. The molecule has 29 heavy (non-hydrogen) atoms. The molecule has 1 aliphatic heterocycles. The summed E-state index contributed by atoms with van der Waals surface area (Å²) in [5.74, 6) is -1.00. The smallest absolute Gasteiger partial charge is 0.311 e. The predicted octanol–water partition coefficient (Wildman–Crippen LogP) is 3.35. The number of carbonyl (C=O) groups is 3. The van der Waals surface area contributed by atoms with Crippen LogP contribution in [0.2, 0.25) is 0 Å². The topological polar surface area (TPSA) is 72.9 Å². The largest absolute Gasteiger partial charge is 0.495 e.